The van der Waals surface area contributed by atoms with E-state index in [0.29, 0.717) is 12.2 Å². The number of anilines is 1. The molecule has 0 heterocycles. The van der Waals surface area contributed by atoms with Gasteiger partial charge in [-0.1, -0.05) is 42.5 Å². The summed E-state index contributed by atoms with van der Waals surface area (Å²) in [6.07, 6.45) is 0. The van der Waals surface area contributed by atoms with Crippen molar-refractivity contribution in [2.45, 2.75) is 5.54 Å². The van der Waals surface area contributed by atoms with E-state index in [1.54, 1.807) is 25.2 Å². The summed E-state index contributed by atoms with van der Waals surface area (Å²) in [6.45, 7) is 0.372. The van der Waals surface area contributed by atoms with E-state index in [-0.39, 0.29) is 12.4 Å². The van der Waals surface area contributed by atoms with Crippen LogP contribution in [0.25, 0.3) is 0 Å². The number of aliphatic hydroxyl groups is 1. The van der Waals surface area contributed by atoms with Gasteiger partial charge in [0.05, 0.1) is 17.8 Å². The van der Waals surface area contributed by atoms with Crippen molar-refractivity contribution in [2.75, 3.05) is 32.1 Å². The Morgan fingerprint density at radius 3 is 2.29 bits per heavy atom. The summed E-state index contributed by atoms with van der Waals surface area (Å²) in [7, 11) is 3.63. The van der Waals surface area contributed by atoms with Gasteiger partial charge in [0, 0.05) is 13.6 Å². The fraction of sp³-hybridized carbons (Fsp3) is 0.294. The molecule has 1 atom stereocenters. The van der Waals surface area contributed by atoms with E-state index in [1.807, 2.05) is 42.3 Å². The fourth-order valence-electron chi connectivity index (χ4n) is 2.54. The second-order valence-electron chi connectivity index (χ2n) is 5.16. The average Bonchev–Trinajstić information content (AvgIpc) is 2.54. The van der Waals surface area contributed by atoms with Crippen LogP contribution in [-0.4, -0.2) is 32.4 Å². The molecule has 112 valence electrons. The maximum Gasteiger partial charge on any atom is 0.146 e. The van der Waals surface area contributed by atoms with Crippen molar-refractivity contribution in [2.24, 2.45) is 0 Å². The van der Waals surface area contributed by atoms with Crippen LogP contribution < -0.4 is 10.2 Å². The van der Waals surface area contributed by atoms with Crippen LogP contribution in [-0.2, 0) is 5.54 Å². The third-order valence-electron chi connectivity index (χ3n) is 3.85. The first-order valence-electron chi connectivity index (χ1n) is 6.94. The van der Waals surface area contributed by atoms with Gasteiger partial charge in [-0.3, -0.25) is 0 Å². The number of hydrogen-bond acceptors (Lipinski definition) is 3. The zero-order valence-corrected chi connectivity index (χ0v) is 12.4. The first-order chi connectivity index (χ1) is 10.1. The Hall–Kier alpha value is -1.91. The molecule has 4 heteroatoms. The van der Waals surface area contributed by atoms with Gasteiger partial charge >= 0.3 is 0 Å². The maximum atomic E-state index is 13.9. The Bertz CT molecular complexity index is 570. The lowest BCUT2D eigenvalue weighted by Crippen LogP contribution is -2.51. The summed E-state index contributed by atoms with van der Waals surface area (Å²) in [5.41, 5.74) is 0.845. The zero-order chi connectivity index (χ0) is 15.3. The maximum absolute atomic E-state index is 13.9. The number of rotatable bonds is 6. The van der Waals surface area contributed by atoms with E-state index < -0.39 is 5.54 Å². The van der Waals surface area contributed by atoms with Crippen molar-refractivity contribution in [3.05, 3.63) is 66.0 Å². The molecule has 3 nitrogen and oxygen atoms in total. The third kappa shape index (κ3) is 3.23. The number of hydrogen-bond donors (Lipinski definition) is 2. The van der Waals surface area contributed by atoms with E-state index in [9.17, 15) is 9.50 Å². The van der Waals surface area contributed by atoms with Crippen molar-refractivity contribution in [3.8, 4) is 0 Å². The van der Waals surface area contributed by atoms with Crippen molar-refractivity contribution in [1.82, 2.24) is 5.32 Å². The minimum absolute atomic E-state index is 0.0771. The third-order valence-corrected chi connectivity index (χ3v) is 3.85. The smallest absolute Gasteiger partial charge is 0.146 e. The largest absolute Gasteiger partial charge is 0.394 e. The van der Waals surface area contributed by atoms with Gasteiger partial charge in [-0.05, 0) is 24.7 Å². The van der Waals surface area contributed by atoms with Crippen LogP contribution in [0.15, 0.2) is 54.6 Å². The molecule has 0 saturated heterocycles. The van der Waals surface area contributed by atoms with Crippen LogP contribution >= 0.6 is 0 Å². The van der Waals surface area contributed by atoms with Crippen molar-refractivity contribution in [3.63, 3.8) is 0 Å². The van der Waals surface area contributed by atoms with Gasteiger partial charge in [-0.2, -0.15) is 0 Å². The highest BCUT2D eigenvalue weighted by atomic mass is 19.1. The van der Waals surface area contributed by atoms with Gasteiger partial charge in [0.2, 0.25) is 0 Å². The molecule has 21 heavy (non-hydrogen) atoms. The Balaban J connectivity index is 2.31. The normalized spacial score (nSPS) is 13.7. The number of benzene rings is 2. The van der Waals surface area contributed by atoms with E-state index in [1.165, 1.54) is 6.07 Å². The summed E-state index contributed by atoms with van der Waals surface area (Å²) in [6, 6.07) is 16.4. The molecule has 0 spiro atoms. The lowest BCUT2D eigenvalue weighted by molar-refractivity contribution is 0.173. The summed E-state index contributed by atoms with van der Waals surface area (Å²) < 4.78 is 13.9. The van der Waals surface area contributed by atoms with Crippen LogP contribution in [0.5, 0.6) is 0 Å². The summed E-state index contributed by atoms with van der Waals surface area (Å²) in [5, 5.41) is 13.1. The van der Waals surface area contributed by atoms with Crippen LogP contribution in [0.4, 0.5) is 10.1 Å². The highest BCUT2D eigenvalue weighted by Gasteiger charge is 2.31. The van der Waals surface area contributed by atoms with Gasteiger partial charge in [0.15, 0.2) is 0 Å². The van der Waals surface area contributed by atoms with Gasteiger partial charge in [0.25, 0.3) is 0 Å². The highest BCUT2D eigenvalue weighted by molar-refractivity contribution is 5.48. The van der Waals surface area contributed by atoms with E-state index in [4.69, 9.17) is 0 Å². The predicted octanol–water partition coefficient (Wildman–Crippen LogP) is 2.37. The first kappa shape index (κ1) is 15.5. The number of halogens is 1. The minimum Gasteiger partial charge on any atom is -0.394 e. The average molecular weight is 288 g/mol. The van der Waals surface area contributed by atoms with E-state index >= 15 is 0 Å². The molecule has 2 aromatic carbocycles. The van der Waals surface area contributed by atoms with Gasteiger partial charge in [-0.15, -0.1) is 0 Å². The molecular weight excluding hydrogens is 267 g/mol. The molecule has 0 aliphatic carbocycles. The van der Waals surface area contributed by atoms with Crippen LogP contribution in [0.3, 0.4) is 0 Å². The van der Waals surface area contributed by atoms with Crippen molar-refractivity contribution >= 4 is 5.69 Å². The lowest BCUT2D eigenvalue weighted by Gasteiger charge is -2.37. The lowest BCUT2D eigenvalue weighted by atomic mass is 9.90. The second-order valence-corrected chi connectivity index (χ2v) is 5.16. The number of para-hydroxylation sites is 1. The first-order valence-corrected chi connectivity index (χ1v) is 6.94. The number of aliphatic hydroxyl groups excluding tert-OH is 1. The number of nitrogens with one attached hydrogen (secondary N) is 1. The standard InChI is InChI=1S/C17H21FN2O/c1-19-17(13-21,14-8-4-3-5-9-14)12-20(2)16-11-7-6-10-15(16)18/h3-11,19,21H,12-13H2,1-2H3. The van der Waals surface area contributed by atoms with Gasteiger partial charge in [-0.25, -0.2) is 4.39 Å². The Kier molecular flexibility index (Phi) is 4.94. The molecular formula is C17H21FN2O. The monoisotopic (exact) mass is 288 g/mol. The van der Waals surface area contributed by atoms with E-state index in [2.05, 4.69) is 5.32 Å². The molecule has 2 rings (SSSR count). The second kappa shape index (κ2) is 6.70. The minimum atomic E-state index is -0.641. The van der Waals surface area contributed by atoms with E-state index in [0.717, 1.165) is 5.56 Å². The van der Waals surface area contributed by atoms with Gasteiger partial charge in [0.1, 0.15) is 5.82 Å². The Morgan fingerprint density at radius 1 is 1.10 bits per heavy atom. The molecule has 2 aromatic rings. The number of nitrogens with zero attached hydrogens (tertiary/aromatic N) is 1. The molecule has 0 aliphatic rings. The Morgan fingerprint density at radius 2 is 1.71 bits per heavy atom. The number of likely N-dealkylation sites (N-methyl/N-ethyl adjacent to an activating group) is 2. The molecule has 1 unspecified atom stereocenters. The quantitative estimate of drug-likeness (QED) is 0.856. The molecule has 0 amide bonds. The van der Waals surface area contributed by atoms with Crippen LogP contribution in [0, 0.1) is 5.82 Å². The molecule has 0 aromatic heterocycles. The van der Waals surface area contributed by atoms with Crippen molar-refractivity contribution < 1.29 is 9.50 Å². The fourth-order valence-corrected chi connectivity index (χ4v) is 2.54. The molecule has 0 fully saturated rings. The summed E-state index contributed by atoms with van der Waals surface area (Å²) in [4.78, 5) is 1.81. The molecule has 0 bridgehead atoms. The Labute approximate surface area is 125 Å². The van der Waals surface area contributed by atoms with Crippen molar-refractivity contribution in [1.29, 1.82) is 0 Å². The summed E-state index contributed by atoms with van der Waals surface area (Å²) in [5.74, 6) is -0.268. The summed E-state index contributed by atoms with van der Waals surface area (Å²) >= 11 is 0. The van der Waals surface area contributed by atoms with Gasteiger partial charge < -0.3 is 15.3 Å². The molecule has 0 aliphatic heterocycles. The predicted molar refractivity (Wildman–Crippen MR) is 83.9 cm³/mol. The van der Waals surface area contributed by atoms with Crippen LogP contribution in [0.1, 0.15) is 5.56 Å². The molecule has 0 saturated carbocycles. The topological polar surface area (TPSA) is 35.5 Å². The zero-order valence-electron chi connectivity index (χ0n) is 12.4. The van der Waals surface area contributed by atoms with Crippen LogP contribution in [0.2, 0.25) is 0 Å². The highest BCUT2D eigenvalue weighted by Crippen LogP contribution is 2.25. The SMILES string of the molecule is CNC(CO)(CN(C)c1ccccc1F)c1ccccc1. The molecule has 0 radical (unpaired) electrons. The molecule has 2 N–H and O–H groups in total.